The molecule has 1 nitrogen and oxygen atoms in total. The number of unbranched alkanes of at least 4 members (excludes halogenated alkanes) is 3. The monoisotopic (exact) mass is 619 g/mol. The molecule has 32 heavy (non-hydrogen) atoms. The SMILES string of the molecule is CCC[CH2][Sn]([CH2]CCC)([CH2]CCC)[c]1ccc(N2c3ccccc3Sc3ccccc32)[se]1. The van der Waals surface area contributed by atoms with Gasteiger partial charge in [-0.25, -0.2) is 0 Å². The van der Waals surface area contributed by atoms with E-state index in [1.54, 1.807) is 17.9 Å². The van der Waals surface area contributed by atoms with Crippen molar-refractivity contribution >= 4 is 63.0 Å². The molecule has 0 atom stereocenters. The zero-order valence-electron chi connectivity index (χ0n) is 19.9. The van der Waals surface area contributed by atoms with Gasteiger partial charge in [-0.3, -0.25) is 0 Å². The van der Waals surface area contributed by atoms with Crippen LogP contribution in [-0.2, 0) is 0 Å². The molecule has 0 aliphatic carbocycles. The van der Waals surface area contributed by atoms with Crippen LogP contribution in [0.4, 0.5) is 15.9 Å². The van der Waals surface area contributed by atoms with Crippen molar-refractivity contribution in [2.45, 2.75) is 82.4 Å². The number of anilines is 3. The van der Waals surface area contributed by atoms with Gasteiger partial charge in [-0.05, 0) is 0 Å². The summed E-state index contributed by atoms with van der Waals surface area (Å²) >= 11 is 0.0461. The van der Waals surface area contributed by atoms with Gasteiger partial charge < -0.3 is 0 Å². The summed E-state index contributed by atoms with van der Waals surface area (Å²) in [5.74, 6) is 0. The summed E-state index contributed by atoms with van der Waals surface area (Å²) in [4.78, 5) is 5.36. The van der Waals surface area contributed by atoms with Gasteiger partial charge in [0, 0.05) is 0 Å². The molecule has 1 aliphatic rings. The summed E-state index contributed by atoms with van der Waals surface area (Å²) in [6, 6.07) is 23.1. The molecule has 0 N–H and O–H groups in total. The van der Waals surface area contributed by atoms with Crippen molar-refractivity contribution in [3.05, 3.63) is 60.7 Å². The molecule has 4 rings (SSSR count). The molecule has 2 heterocycles. The van der Waals surface area contributed by atoms with E-state index in [1.807, 2.05) is 14.2 Å². The maximum absolute atomic E-state index is 2.62. The van der Waals surface area contributed by atoms with E-state index in [9.17, 15) is 0 Å². The van der Waals surface area contributed by atoms with Crippen LogP contribution in [0.2, 0.25) is 13.3 Å². The van der Waals surface area contributed by atoms with E-state index in [-0.39, 0.29) is 0 Å². The van der Waals surface area contributed by atoms with E-state index >= 15 is 0 Å². The minimum absolute atomic E-state index is 0.466. The van der Waals surface area contributed by atoms with Crippen LogP contribution in [0, 0.1) is 0 Å². The van der Waals surface area contributed by atoms with Gasteiger partial charge in [0.15, 0.2) is 0 Å². The number of benzene rings is 2. The van der Waals surface area contributed by atoms with Gasteiger partial charge in [0.25, 0.3) is 0 Å². The van der Waals surface area contributed by atoms with Crippen LogP contribution >= 0.6 is 11.8 Å². The average molecular weight is 617 g/mol. The number of hydrogen-bond donors (Lipinski definition) is 0. The van der Waals surface area contributed by atoms with Crippen molar-refractivity contribution in [2.75, 3.05) is 4.90 Å². The average Bonchev–Trinajstić information content (AvgIpc) is 3.32. The number of para-hydroxylation sites is 2. The van der Waals surface area contributed by atoms with Crippen LogP contribution in [0.3, 0.4) is 0 Å². The normalized spacial score (nSPS) is 13.2. The van der Waals surface area contributed by atoms with E-state index in [0.29, 0.717) is 14.5 Å². The predicted molar refractivity (Wildman–Crippen MR) is 147 cm³/mol. The third-order valence-electron chi connectivity index (χ3n) is 6.79. The molecule has 0 amide bonds. The van der Waals surface area contributed by atoms with E-state index in [1.165, 1.54) is 59.7 Å². The van der Waals surface area contributed by atoms with Gasteiger partial charge in [-0.1, -0.05) is 0 Å². The second-order valence-corrected chi connectivity index (χ2v) is 27.9. The van der Waals surface area contributed by atoms with Crippen LogP contribution in [0.25, 0.3) is 0 Å². The number of nitrogens with zero attached hydrogens (tertiary/aromatic N) is 1. The van der Waals surface area contributed by atoms with E-state index in [4.69, 9.17) is 0 Å². The predicted octanol–water partition coefficient (Wildman–Crippen LogP) is 8.73. The summed E-state index contributed by atoms with van der Waals surface area (Å²) in [6.45, 7) is 7.15. The van der Waals surface area contributed by atoms with Crippen LogP contribution in [0.15, 0.2) is 70.5 Å². The fourth-order valence-corrected chi connectivity index (χ4v) is 31.5. The zero-order chi connectivity index (χ0) is 22.4. The molecule has 2 aromatic carbocycles. The molecule has 0 unspecified atom stereocenters. The van der Waals surface area contributed by atoms with Crippen molar-refractivity contribution in [2.24, 2.45) is 0 Å². The summed E-state index contributed by atoms with van der Waals surface area (Å²) in [5, 5.41) is 0. The van der Waals surface area contributed by atoms with E-state index in [0.717, 1.165) is 0 Å². The maximum atomic E-state index is 2.62. The second kappa shape index (κ2) is 11.7. The molecule has 0 saturated carbocycles. The first-order valence-corrected chi connectivity index (χ1v) is 22.5. The van der Waals surface area contributed by atoms with Crippen molar-refractivity contribution < 1.29 is 0 Å². The van der Waals surface area contributed by atoms with Gasteiger partial charge in [-0.2, -0.15) is 0 Å². The van der Waals surface area contributed by atoms with E-state index < -0.39 is 18.4 Å². The summed E-state index contributed by atoms with van der Waals surface area (Å²) in [7, 11) is 0. The zero-order valence-corrected chi connectivity index (χ0v) is 25.3. The molecule has 0 saturated heterocycles. The van der Waals surface area contributed by atoms with Gasteiger partial charge in [0.05, 0.1) is 0 Å². The molecule has 0 radical (unpaired) electrons. The molecule has 0 bridgehead atoms. The molecule has 4 heteroatoms. The van der Waals surface area contributed by atoms with Crippen LogP contribution in [0.1, 0.15) is 59.3 Å². The first-order valence-electron chi connectivity index (χ1n) is 12.5. The molecule has 1 aromatic heterocycles. The van der Waals surface area contributed by atoms with Crippen molar-refractivity contribution in [1.82, 2.24) is 0 Å². The molecule has 1 aliphatic heterocycles. The Bertz CT molecular complexity index is 947. The molecule has 170 valence electrons. The standard InChI is InChI=1S/C16H10NSSe.3C4H9.Sn/c1-3-8-14-12(6-1)17(16-10-5-11-19-16)13-7-2-4-9-15(13)18-14;3*1-3-4-2;/h1-10H;3*1,3-4H2,2H3;. The van der Waals surface area contributed by atoms with Gasteiger partial charge in [-0.15, -0.1) is 0 Å². The van der Waals surface area contributed by atoms with Crippen molar-refractivity contribution in [3.8, 4) is 0 Å². The molecule has 0 spiro atoms. The Kier molecular flexibility index (Phi) is 8.95. The second-order valence-electron chi connectivity index (χ2n) is 9.10. The minimum atomic E-state index is -2.34. The summed E-state index contributed by atoms with van der Waals surface area (Å²) in [5.41, 5.74) is 2.74. The quantitative estimate of drug-likeness (QED) is 0.155. The third kappa shape index (κ3) is 5.22. The summed E-state index contributed by atoms with van der Waals surface area (Å²) < 4.78 is 8.23. The fourth-order valence-electron chi connectivity index (χ4n) is 4.97. The molecule has 3 aromatic rings. The van der Waals surface area contributed by atoms with Gasteiger partial charge in [0.1, 0.15) is 0 Å². The Morgan fingerprint density at radius 1 is 0.688 bits per heavy atom. The molecule has 0 fully saturated rings. The number of hydrogen-bond acceptors (Lipinski definition) is 2. The van der Waals surface area contributed by atoms with Crippen molar-refractivity contribution in [1.29, 1.82) is 0 Å². The molecular formula is C28H37NSSeSn. The topological polar surface area (TPSA) is 3.24 Å². The van der Waals surface area contributed by atoms with Crippen LogP contribution in [0.5, 0.6) is 0 Å². The van der Waals surface area contributed by atoms with Crippen LogP contribution < -0.4 is 7.35 Å². The summed E-state index contributed by atoms with van der Waals surface area (Å²) in [6.07, 6.45) is 8.37. The van der Waals surface area contributed by atoms with Crippen molar-refractivity contribution in [3.63, 3.8) is 0 Å². The van der Waals surface area contributed by atoms with Gasteiger partial charge in [0.2, 0.25) is 0 Å². The first-order chi connectivity index (χ1) is 15.7. The van der Waals surface area contributed by atoms with Gasteiger partial charge >= 0.3 is 211 Å². The van der Waals surface area contributed by atoms with E-state index in [2.05, 4.69) is 86.3 Å². The Morgan fingerprint density at radius 3 is 1.69 bits per heavy atom. The Balaban J connectivity index is 1.76. The Labute approximate surface area is 209 Å². The van der Waals surface area contributed by atoms with Crippen LogP contribution in [-0.4, -0.2) is 32.9 Å². The number of rotatable bonds is 11. The molecular weight excluding hydrogens is 580 g/mol. The number of fused-ring (bicyclic) bond motifs is 2. The Hall–Kier alpha value is -0.612. The third-order valence-corrected chi connectivity index (χ3v) is 32.1. The Morgan fingerprint density at radius 2 is 1.19 bits per heavy atom. The first kappa shape index (κ1) is 24.5. The fraction of sp³-hybridized carbons (Fsp3) is 0.429.